The third-order valence-electron chi connectivity index (χ3n) is 6.72. The summed E-state index contributed by atoms with van der Waals surface area (Å²) >= 11 is 0. The fourth-order valence-corrected chi connectivity index (χ4v) is 5.27. The quantitative estimate of drug-likeness (QED) is 0.860. The molecule has 0 saturated carbocycles. The Balaban J connectivity index is 1.42. The number of anilines is 2. The number of nitrogens with zero attached hydrogens (tertiary/aromatic N) is 2. The summed E-state index contributed by atoms with van der Waals surface area (Å²) in [7, 11) is 0. The molecular formula is C24H31N3O2. The summed E-state index contributed by atoms with van der Waals surface area (Å²) in [5.41, 5.74) is 2.42. The van der Waals surface area contributed by atoms with Crippen molar-refractivity contribution >= 4 is 11.5 Å². The Hall–Kier alpha value is -2.27. The Morgan fingerprint density at radius 3 is 2.55 bits per heavy atom. The van der Waals surface area contributed by atoms with Gasteiger partial charge in [-0.3, -0.25) is 4.79 Å². The lowest BCUT2D eigenvalue weighted by molar-refractivity contribution is 0.0305. The van der Waals surface area contributed by atoms with E-state index in [0.717, 1.165) is 50.4 Å². The number of hydrogen-bond acceptors (Lipinski definition) is 4. The monoisotopic (exact) mass is 393 g/mol. The first-order valence-corrected chi connectivity index (χ1v) is 11.2. The van der Waals surface area contributed by atoms with E-state index in [1.165, 1.54) is 31.2 Å². The summed E-state index contributed by atoms with van der Waals surface area (Å²) in [6.07, 6.45) is 8.81. The lowest BCUT2D eigenvalue weighted by Gasteiger charge is -2.35. The zero-order chi connectivity index (χ0) is 19.6. The minimum Gasteiger partial charge on any atom is -0.371 e. The summed E-state index contributed by atoms with van der Waals surface area (Å²) < 4.78 is 5.99. The summed E-state index contributed by atoms with van der Waals surface area (Å²) in [5, 5.41) is 0. The minimum atomic E-state index is -0.000883. The molecule has 2 aromatic rings. The van der Waals surface area contributed by atoms with Crippen LogP contribution in [0.2, 0.25) is 0 Å². The average Bonchev–Trinajstić information content (AvgIpc) is 2.92. The van der Waals surface area contributed by atoms with Gasteiger partial charge >= 0.3 is 0 Å². The molecule has 0 aliphatic carbocycles. The van der Waals surface area contributed by atoms with E-state index in [4.69, 9.17) is 4.74 Å². The van der Waals surface area contributed by atoms with Crippen LogP contribution in [0.1, 0.15) is 44.1 Å². The van der Waals surface area contributed by atoms with Gasteiger partial charge in [0.15, 0.2) is 0 Å². The Labute approximate surface area is 172 Å². The number of nitrogens with one attached hydrogen (secondary N) is 1. The number of ether oxygens (including phenoxy) is 1. The van der Waals surface area contributed by atoms with Crippen molar-refractivity contribution in [3.05, 3.63) is 58.4 Å². The second kappa shape index (κ2) is 8.23. The fraction of sp³-hybridized carbons (Fsp3) is 0.542. The van der Waals surface area contributed by atoms with Crippen molar-refractivity contribution in [2.24, 2.45) is 0 Å². The number of aromatic nitrogens is 1. The van der Waals surface area contributed by atoms with Crippen molar-refractivity contribution in [3.8, 4) is 0 Å². The molecule has 0 radical (unpaired) electrons. The molecule has 3 fully saturated rings. The van der Waals surface area contributed by atoms with Crippen LogP contribution < -0.4 is 15.4 Å². The van der Waals surface area contributed by atoms with Gasteiger partial charge in [-0.2, -0.15) is 0 Å². The molecule has 0 amide bonds. The standard InChI is InChI=1S/C24H31N3O2/c28-24-15-20(26-16-21-10-11-22(17-26)29-21)14-23(25-24)27-12-6-2-5-9-19(27)13-18-7-3-1-4-8-18/h1,3-4,7-8,14-15,19,21-22H,2,5-6,9-13,16-17H2,(H,25,28). The minimum absolute atomic E-state index is 0.000883. The fourth-order valence-electron chi connectivity index (χ4n) is 5.27. The SMILES string of the molecule is O=c1cc(N2CC3CCC(C2)O3)cc(N2CCCCCC2Cc2ccccc2)[nH]1. The molecule has 2 bridgehead atoms. The lowest BCUT2D eigenvalue weighted by Crippen LogP contribution is -2.43. The molecule has 29 heavy (non-hydrogen) atoms. The first-order chi connectivity index (χ1) is 14.2. The normalized spacial score (nSPS) is 27.1. The van der Waals surface area contributed by atoms with Crippen LogP contribution >= 0.6 is 0 Å². The van der Waals surface area contributed by atoms with Crippen LogP contribution in [0.3, 0.4) is 0 Å². The van der Waals surface area contributed by atoms with Crippen molar-refractivity contribution in [1.29, 1.82) is 0 Å². The first-order valence-electron chi connectivity index (χ1n) is 11.2. The molecular weight excluding hydrogens is 362 g/mol. The molecule has 3 unspecified atom stereocenters. The van der Waals surface area contributed by atoms with Crippen molar-refractivity contribution in [2.75, 3.05) is 29.4 Å². The van der Waals surface area contributed by atoms with Crippen molar-refractivity contribution in [1.82, 2.24) is 4.98 Å². The van der Waals surface area contributed by atoms with Crippen LogP contribution in [-0.2, 0) is 11.2 Å². The molecule has 154 valence electrons. The van der Waals surface area contributed by atoms with Crippen molar-refractivity contribution in [3.63, 3.8) is 0 Å². The Morgan fingerprint density at radius 2 is 1.76 bits per heavy atom. The van der Waals surface area contributed by atoms with Crippen molar-refractivity contribution < 1.29 is 4.74 Å². The number of aromatic amines is 1. The molecule has 1 aromatic carbocycles. The summed E-state index contributed by atoms with van der Waals surface area (Å²) in [4.78, 5) is 20.6. The number of morpholine rings is 1. The second-order valence-electron chi connectivity index (χ2n) is 8.84. The Bertz CT molecular complexity index is 869. The maximum atomic E-state index is 12.6. The second-order valence-corrected chi connectivity index (χ2v) is 8.84. The van der Waals surface area contributed by atoms with Gasteiger partial charge in [-0.15, -0.1) is 0 Å². The van der Waals surface area contributed by atoms with Crippen LogP contribution in [0.15, 0.2) is 47.3 Å². The largest absolute Gasteiger partial charge is 0.371 e. The molecule has 3 aliphatic heterocycles. The highest BCUT2D eigenvalue weighted by molar-refractivity contribution is 5.56. The van der Waals surface area contributed by atoms with E-state index in [2.05, 4.69) is 51.2 Å². The van der Waals surface area contributed by atoms with Crippen LogP contribution in [0.5, 0.6) is 0 Å². The van der Waals surface area contributed by atoms with E-state index in [9.17, 15) is 4.79 Å². The van der Waals surface area contributed by atoms with E-state index in [1.807, 2.05) is 0 Å². The van der Waals surface area contributed by atoms with Crippen LogP contribution in [0.25, 0.3) is 0 Å². The predicted octanol–water partition coefficient (Wildman–Crippen LogP) is 3.73. The van der Waals surface area contributed by atoms with Gasteiger partial charge in [0.05, 0.1) is 12.2 Å². The van der Waals surface area contributed by atoms with E-state index < -0.39 is 0 Å². The number of fused-ring (bicyclic) bond motifs is 2. The maximum absolute atomic E-state index is 12.6. The average molecular weight is 394 g/mol. The third-order valence-corrected chi connectivity index (χ3v) is 6.72. The van der Waals surface area contributed by atoms with Crippen molar-refractivity contribution in [2.45, 2.75) is 63.2 Å². The van der Waals surface area contributed by atoms with E-state index in [-0.39, 0.29) is 5.56 Å². The lowest BCUT2D eigenvalue weighted by atomic mass is 10.0. The van der Waals surface area contributed by atoms with Gasteiger partial charge in [-0.05, 0) is 37.7 Å². The molecule has 3 saturated heterocycles. The number of hydrogen-bond donors (Lipinski definition) is 1. The highest BCUT2D eigenvalue weighted by atomic mass is 16.5. The zero-order valence-electron chi connectivity index (χ0n) is 17.1. The van der Waals surface area contributed by atoms with Gasteiger partial charge in [0.25, 0.3) is 5.56 Å². The van der Waals surface area contributed by atoms with Gasteiger partial charge in [0, 0.05) is 43.5 Å². The highest BCUT2D eigenvalue weighted by Gasteiger charge is 2.34. The Kier molecular flexibility index (Phi) is 5.32. The number of pyridine rings is 1. The molecule has 5 nitrogen and oxygen atoms in total. The number of rotatable bonds is 4. The van der Waals surface area contributed by atoms with Crippen LogP contribution in [0, 0.1) is 0 Å². The van der Waals surface area contributed by atoms with E-state index in [0.29, 0.717) is 18.2 Å². The smallest absolute Gasteiger partial charge is 0.251 e. The summed E-state index contributed by atoms with van der Waals surface area (Å²) in [6.45, 7) is 2.80. The van der Waals surface area contributed by atoms with Gasteiger partial charge in [0.2, 0.25) is 0 Å². The molecule has 3 aliphatic rings. The molecule has 1 aromatic heterocycles. The predicted molar refractivity (Wildman–Crippen MR) is 117 cm³/mol. The number of H-pyrrole nitrogens is 1. The number of benzene rings is 1. The summed E-state index contributed by atoms with van der Waals surface area (Å²) in [5.74, 6) is 0.981. The summed E-state index contributed by atoms with van der Waals surface area (Å²) in [6, 6.07) is 15.1. The zero-order valence-corrected chi connectivity index (χ0v) is 17.1. The maximum Gasteiger partial charge on any atom is 0.251 e. The molecule has 4 heterocycles. The molecule has 0 spiro atoms. The van der Waals surface area contributed by atoms with Crippen LogP contribution in [0.4, 0.5) is 11.5 Å². The topological polar surface area (TPSA) is 48.6 Å². The molecule has 1 N–H and O–H groups in total. The molecule has 5 heteroatoms. The third kappa shape index (κ3) is 4.20. The first kappa shape index (κ1) is 18.7. The van der Waals surface area contributed by atoms with E-state index >= 15 is 0 Å². The van der Waals surface area contributed by atoms with Gasteiger partial charge in [-0.1, -0.05) is 43.2 Å². The highest BCUT2D eigenvalue weighted by Crippen LogP contribution is 2.31. The molecule has 3 atom stereocenters. The van der Waals surface area contributed by atoms with Gasteiger partial charge in [0.1, 0.15) is 5.82 Å². The molecule has 5 rings (SSSR count). The van der Waals surface area contributed by atoms with Crippen LogP contribution in [-0.4, -0.2) is 42.9 Å². The Morgan fingerprint density at radius 1 is 0.966 bits per heavy atom. The van der Waals surface area contributed by atoms with Gasteiger partial charge in [-0.25, -0.2) is 0 Å². The van der Waals surface area contributed by atoms with Gasteiger partial charge < -0.3 is 19.5 Å². The van der Waals surface area contributed by atoms with E-state index in [1.54, 1.807) is 6.07 Å².